The van der Waals surface area contributed by atoms with Crippen molar-refractivity contribution in [3.05, 3.63) is 35.9 Å². The van der Waals surface area contributed by atoms with Crippen LogP contribution in [0.25, 0.3) is 0 Å². The molecule has 0 heterocycles. The van der Waals surface area contributed by atoms with E-state index in [1.165, 1.54) is 0 Å². The second-order valence-electron chi connectivity index (χ2n) is 6.02. The molecular weight excluding hydrogens is 282 g/mol. The molecule has 1 aromatic rings. The molecule has 0 saturated carbocycles. The average molecular weight is 307 g/mol. The van der Waals surface area contributed by atoms with Gasteiger partial charge in [-0.25, -0.2) is 4.79 Å². The normalized spacial score (nSPS) is 14.0. The number of esters is 2. The van der Waals surface area contributed by atoms with Crippen molar-refractivity contribution in [2.24, 2.45) is 0 Å². The van der Waals surface area contributed by atoms with Crippen LogP contribution in [0.2, 0.25) is 0 Å². The molecule has 1 rings (SSSR count). The molecule has 122 valence electrons. The van der Waals surface area contributed by atoms with Gasteiger partial charge in [-0.05, 0) is 40.2 Å². The highest BCUT2D eigenvalue weighted by Gasteiger charge is 2.28. The van der Waals surface area contributed by atoms with E-state index in [2.05, 4.69) is 5.32 Å². The Morgan fingerprint density at radius 1 is 1.14 bits per heavy atom. The number of rotatable bonds is 6. The zero-order valence-corrected chi connectivity index (χ0v) is 13.9. The molecule has 0 bridgehead atoms. The Morgan fingerprint density at radius 3 is 2.23 bits per heavy atom. The molecule has 5 heteroatoms. The van der Waals surface area contributed by atoms with Gasteiger partial charge in [-0.15, -0.1) is 0 Å². The van der Waals surface area contributed by atoms with E-state index in [9.17, 15) is 9.59 Å². The van der Waals surface area contributed by atoms with E-state index in [4.69, 9.17) is 9.47 Å². The molecule has 0 radical (unpaired) electrons. The van der Waals surface area contributed by atoms with E-state index in [1.54, 1.807) is 34.6 Å². The van der Waals surface area contributed by atoms with Crippen molar-refractivity contribution >= 4 is 11.9 Å². The Bertz CT molecular complexity index is 493. The molecule has 0 aliphatic carbocycles. The van der Waals surface area contributed by atoms with Crippen LogP contribution in [0.4, 0.5) is 0 Å². The smallest absolute Gasteiger partial charge is 0.327 e. The molecule has 0 spiro atoms. The average Bonchev–Trinajstić information content (AvgIpc) is 2.43. The lowest BCUT2D eigenvalue weighted by molar-refractivity contribution is -0.157. The van der Waals surface area contributed by atoms with Crippen molar-refractivity contribution in [2.75, 3.05) is 6.61 Å². The largest absolute Gasteiger partial charge is 0.465 e. The van der Waals surface area contributed by atoms with Gasteiger partial charge in [0.25, 0.3) is 0 Å². The molecule has 0 aromatic heterocycles. The molecule has 5 nitrogen and oxygen atoms in total. The summed E-state index contributed by atoms with van der Waals surface area (Å²) in [5.41, 5.74) is 0.176. The third-order valence-electron chi connectivity index (χ3n) is 2.83. The Labute approximate surface area is 132 Å². The van der Waals surface area contributed by atoms with Crippen LogP contribution in [0.3, 0.4) is 0 Å². The molecule has 1 aromatic carbocycles. The van der Waals surface area contributed by atoms with Gasteiger partial charge in [0.2, 0.25) is 0 Å². The quantitative estimate of drug-likeness (QED) is 0.818. The summed E-state index contributed by atoms with van der Waals surface area (Å²) in [5.74, 6) is -0.818. The lowest BCUT2D eigenvalue weighted by atomic mass is 10.1. The van der Waals surface area contributed by atoms with Gasteiger partial charge in [-0.1, -0.05) is 30.3 Å². The second-order valence-corrected chi connectivity index (χ2v) is 6.02. The van der Waals surface area contributed by atoms with Crippen molar-refractivity contribution in [3.63, 3.8) is 0 Å². The number of hydrogen-bond donors (Lipinski definition) is 1. The SMILES string of the molecule is CCOC(=O)C(N[C@@H](C)C(=O)OC(C)(C)C)c1ccccc1. The topological polar surface area (TPSA) is 64.6 Å². The van der Waals surface area contributed by atoms with Crippen LogP contribution < -0.4 is 5.32 Å². The predicted octanol–water partition coefficient (Wildman–Crippen LogP) is 2.61. The highest BCUT2D eigenvalue weighted by molar-refractivity contribution is 5.80. The van der Waals surface area contributed by atoms with Crippen molar-refractivity contribution in [1.82, 2.24) is 5.32 Å². The van der Waals surface area contributed by atoms with Crippen LogP contribution >= 0.6 is 0 Å². The first-order valence-electron chi connectivity index (χ1n) is 7.45. The molecule has 0 aliphatic rings. The second kappa shape index (κ2) is 7.94. The number of nitrogens with one attached hydrogen (secondary N) is 1. The van der Waals surface area contributed by atoms with Gasteiger partial charge in [-0.3, -0.25) is 10.1 Å². The van der Waals surface area contributed by atoms with Gasteiger partial charge < -0.3 is 9.47 Å². The van der Waals surface area contributed by atoms with Crippen LogP contribution in [0, 0.1) is 0 Å². The van der Waals surface area contributed by atoms with E-state index < -0.39 is 29.6 Å². The molecular formula is C17H25NO4. The van der Waals surface area contributed by atoms with Gasteiger partial charge in [0.05, 0.1) is 6.61 Å². The molecule has 0 saturated heterocycles. The molecule has 22 heavy (non-hydrogen) atoms. The summed E-state index contributed by atoms with van der Waals surface area (Å²) in [6, 6.07) is 7.83. The number of carbonyl (C=O) groups excluding carboxylic acids is 2. The van der Waals surface area contributed by atoms with Gasteiger partial charge in [-0.2, -0.15) is 0 Å². The van der Waals surface area contributed by atoms with E-state index in [1.807, 2.05) is 30.3 Å². The minimum Gasteiger partial charge on any atom is -0.465 e. The van der Waals surface area contributed by atoms with Gasteiger partial charge in [0.1, 0.15) is 17.7 Å². The number of ether oxygens (including phenoxy) is 2. The summed E-state index contributed by atoms with van der Waals surface area (Å²) < 4.78 is 10.4. The van der Waals surface area contributed by atoms with Crippen LogP contribution in [-0.4, -0.2) is 30.2 Å². The summed E-state index contributed by atoms with van der Waals surface area (Å²) in [6.07, 6.45) is 0. The summed E-state index contributed by atoms with van der Waals surface area (Å²) in [4.78, 5) is 24.2. The maximum Gasteiger partial charge on any atom is 0.327 e. The van der Waals surface area contributed by atoms with Crippen molar-refractivity contribution in [1.29, 1.82) is 0 Å². The Hall–Kier alpha value is -1.88. The molecule has 1 N–H and O–H groups in total. The maximum atomic E-state index is 12.2. The number of hydrogen-bond acceptors (Lipinski definition) is 5. The molecule has 0 amide bonds. The summed E-state index contributed by atoms with van der Waals surface area (Å²) >= 11 is 0. The van der Waals surface area contributed by atoms with Crippen LogP contribution in [0.5, 0.6) is 0 Å². The highest BCUT2D eigenvalue weighted by Crippen LogP contribution is 2.16. The zero-order chi connectivity index (χ0) is 16.8. The zero-order valence-electron chi connectivity index (χ0n) is 13.9. The lowest BCUT2D eigenvalue weighted by Gasteiger charge is -2.25. The number of carbonyl (C=O) groups is 2. The lowest BCUT2D eigenvalue weighted by Crippen LogP contribution is -2.43. The number of benzene rings is 1. The third kappa shape index (κ3) is 5.85. The fourth-order valence-corrected chi connectivity index (χ4v) is 1.88. The van der Waals surface area contributed by atoms with E-state index in [0.29, 0.717) is 0 Å². The third-order valence-corrected chi connectivity index (χ3v) is 2.83. The monoisotopic (exact) mass is 307 g/mol. The van der Waals surface area contributed by atoms with Gasteiger partial charge in [0, 0.05) is 0 Å². The summed E-state index contributed by atoms with van der Waals surface area (Å²) in [7, 11) is 0. The van der Waals surface area contributed by atoms with Crippen LogP contribution in [0.15, 0.2) is 30.3 Å². The molecule has 0 aliphatic heterocycles. The van der Waals surface area contributed by atoms with Gasteiger partial charge >= 0.3 is 11.9 Å². The highest BCUT2D eigenvalue weighted by atomic mass is 16.6. The van der Waals surface area contributed by atoms with Crippen molar-refractivity contribution in [2.45, 2.75) is 52.3 Å². The Morgan fingerprint density at radius 2 is 1.73 bits per heavy atom. The first-order chi connectivity index (χ1) is 10.2. The fourth-order valence-electron chi connectivity index (χ4n) is 1.88. The molecule has 0 fully saturated rings. The predicted molar refractivity (Wildman–Crippen MR) is 84.3 cm³/mol. The van der Waals surface area contributed by atoms with Crippen LogP contribution in [0.1, 0.15) is 46.2 Å². The minimum absolute atomic E-state index is 0.282. The standard InChI is InChI=1S/C17H25NO4/c1-6-21-16(20)14(13-10-8-7-9-11-13)18-12(2)15(19)22-17(3,4)5/h7-12,14,18H,6H2,1-5H3/t12-,14?/m0/s1. The Balaban J connectivity index is 2.85. The fraction of sp³-hybridized carbons (Fsp3) is 0.529. The van der Waals surface area contributed by atoms with Crippen molar-refractivity contribution in [3.8, 4) is 0 Å². The Kier molecular flexibility index (Phi) is 6.56. The molecule has 2 atom stereocenters. The first-order valence-corrected chi connectivity index (χ1v) is 7.45. The van der Waals surface area contributed by atoms with E-state index in [-0.39, 0.29) is 6.61 Å². The minimum atomic E-state index is -0.705. The summed E-state index contributed by atoms with van der Waals surface area (Å²) in [6.45, 7) is 9.11. The van der Waals surface area contributed by atoms with Crippen LogP contribution in [-0.2, 0) is 19.1 Å². The summed E-state index contributed by atoms with van der Waals surface area (Å²) in [5, 5.41) is 2.99. The maximum absolute atomic E-state index is 12.2. The van der Waals surface area contributed by atoms with E-state index in [0.717, 1.165) is 5.56 Å². The first kappa shape index (κ1) is 18.2. The van der Waals surface area contributed by atoms with Crippen molar-refractivity contribution < 1.29 is 19.1 Å². The molecule has 1 unspecified atom stereocenters. The van der Waals surface area contributed by atoms with E-state index >= 15 is 0 Å². The van der Waals surface area contributed by atoms with Gasteiger partial charge in [0.15, 0.2) is 0 Å².